The molecule has 0 bridgehead atoms. The summed E-state index contributed by atoms with van der Waals surface area (Å²) >= 11 is 0. The first kappa shape index (κ1) is 16.5. The van der Waals surface area contributed by atoms with Gasteiger partial charge in [0.15, 0.2) is 5.52 Å². The van der Waals surface area contributed by atoms with E-state index in [2.05, 4.69) is 0 Å². The number of aryl methyl sites for hydroxylation is 1. The third kappa shape index (κ3) is 4.03. The van der Waals surface area contributed by atoms with Gasteiger partial charge >= 0.3 is 0 Å². The predicted molar refractivity (Wildman–Crippen MR) is 73.2 cm³/mol. The average molecular weight is 247 g/mol. The van der Waals surface area contributed by atoms with Crippen LogP contribution in [0, 0.1) is 6.92 Å². The van der Waals surface area contributed by atoms with Gasteiger partial charge in [0, 0.05) is 18.9 Å². The Bertz CT molecular complexity index is 368. The van der Waals surface area contributed by atoms with Crippen LogP contribution < -0.4 is 9.47 Å². The molecule has 0 aliphatic rings. The third-order valence-electron chi connectivity index (χ3n) is 2.21. The van der Waals surface area contributed by atoms with Crippen LogP contribution in [0.3, 0.4) is 0 Å². The van der Waals surface area contributed by atoms with E-state index in [1.807, 2.05) is 26.0 Å². The van der Waals surface area contributed by atoms with Gasteiger partial charge in [0.05, 0.1) is 14.2 Å². The molecule has 1 rings (SSSR count). The summed E-state index contributed by atoms with van der Waals surface area (Å²) < 4.78 is 10.5. The van der Waals surface area contributed by atoms with Crippen molar-refractivity contribution < 1.29 is 14.3 Å². The van der Waals surface area contributed by atoms with Crippen molar-refractivity contribution in [1.29, 1.82) is 0 Å². The Morgan fingerprint density at radius 1 is 1.24 bits per heavy atom. The summed E-state index contributed by atoms with van der Waals surface area (Å²) in [6.45, 7) is 3.94. The van der Waals surface area contributed by atoms with Crippen molar-refractivity contribution in [1.82, 2.24) is 0 Å². The second-order valence-electron chi connectivity index (χ2n) is 3.40. The largest absolute Gasteiger partial charge is 0.496 e. The van der Waals surface area contributed by atoms with Crippen molar-refractivity contribution >= 4 is 33.0 Å². The number of rotatable bonds is 5. The maximum atomic E-state index is 12.0. The zero-order valence-corrected chi connectivity index (χ0v) is 12.1. The summed E-state index contributed by atoms with van der Waals surface area (Å²) in [5.41, 5.74) is 1.68. The molecule has 1 atom stereocenters. The number of benzene rings is 1. The Balaban J connectivity index is 0.00000256. The smallest absolute Gasteiger partial charge is 0.188 e. The minimum atomic E-state index is 0. The molecular formula is C12H17LiO3P. The van der Waals surface area contributed by atoms with E-state index < -0.39 is 0 Å². The molecule has 1 aromatic rings. The van der Waals surface area contributed by atoms with Crippen LogP contribution in [0.1, 0.15) is 22.8 Å². The van der Waals surface area contributed by atoms with Crippen molar-refractivity contribution in [2.75, 3.05) is 20.4 Å². The Kier molecular flexibility index (Phi) is 7.55. The van der Waals surface area contributed by atoms with Gasteiger partial charge in [-0.25, -0.2) is 0 Å². The molecule has 0 aliphatic carbocycles. The van der Waals surface area contributed by atoms with Crippen LogP contribution in [0.5, 0.6) is 11.5 Å². The normalized spacial score (nSPS) is 10.1. The van der Waals surface area contributed by atoms with E-state index in [-0.39, 0.29) is 33.0 Å². The molecule has 1 radical (unpaired) electrons. The summed E-state index contributed by atoms with van der Waals surface area (Å²) in [6, 6.07) is 3.71. The molecule has 17 heavy (non-hydrogen) atoms. The third-order valence-corrected chi connectivity index (χ3v) is 3.14. The molecule has 0 saturated carbocycles. The number of hydrogen-bond donors (Lipinski definition) is 0. The zero-order chi connectivity index (χ0) is 12.1. The van der Waals surface area contributed by atoms with Gasteiger partial charge in [-0.05, 0) is 39.4 Å². The van der Waals surface area contributed by atoms with Crippen LogP contribution in [0.25, 0.3) is 0 Å². The van der Waals surface area contributed by atoms with Gasteiger partial charge < -0.3 is 9.47 Å². The molecule has 0 aromatic heterocycles. The summed E-state index contributed by atoms with van der Waals surface area (Å²) in [5, 5.41) is 0. The number of methoxy groups -OCH3 is 2. The quantitative estimate of drug-likeness (QED) is 0.592. The Labute approximate surface area is 116 Å². The first-order chi connectivity index (χ1) is 7.63. The van der Waals surface area contributed by atoms with Crippen molar-refractivity contribution in [3.8, 4) is 11.5 Å². The molecule has 0 heterocycles. The second-order valence-corrected chi connectivity index (χ2v) is 4.92. The monoisotopic (exact) mass is 247 g/mol. The van der Waals surface area contributed by atoms with E-state index in [1.54, 1.807) is 14.2 Å². The van der Waals surface area contributed by atoms with Crippen molar-refractivity contribution in [3.05, 3.63) is 23.3 Å². The fraction of sp³-hybridized carbons (Fsp3) is 0.417. The standard InChI is InChI=1S/C12H17O3P.Li/c1-5-16-12(13)11-9(14-3)6-8(2)7-10(11)15-4;/h6-7,16H,5H2,1-4H3;. The average Bonchev–Trinajstić information content (AvgIpc) is 2.27. The van der Waals surface area contributed by atoms with Gasteiger partial charge in [-0.1, -0.05) is 6.92 Å². The molecular weight excluding hydrogens is 230 g/mol. The molecule has 3 nitrogen and oxygen atoms in total. The van der Waals surface area contributed by atoms with Crippen LogP contribution in [0.2, 0.25) is 0 Å². The summed E-state index contributed by atoms with van der Waals surface area (Å²) in [6.07, 6.45) is 0.846. The Morgan fingerprint density at radius 3 is 2.06 bits per heavy atom. The second kappa shape index (κ2) is 7.77. The number of ether oxygens (including phenoxy) is 2. The van der Waals surface area contributed by atoms with E-state index >= 15 is 0 Å². The van der Waals surface area contributed by atoms with Gasteiger partial charge in [-0.2, -0.15) is 0 Å². The predicted octanol–water partition coefficient (Wildman–Crippen LogP) is 2.47. The van der Waals surface area contributed by atoms with E-state index in [4.69, 9.17) is 9.47 Å². The van der Waals surface area contributed by atoms with Gasteiger partial charge in [0.1, 0.15) is 17.1 Å². The number of hydrogen-bond acceptors (Lipinski definition) is 3. The molecule has 1 aromatic carbocycles. The zero-order valence-electron chi connectivity index (χ0n) is 11.1. The van der Waals surface area contributed by atoms with Gasteiger partial charge in [0.25, 0.3) is 0 Å². The maximum Gasteiger partial charge on any atom is 0.188 e. The Hall–Kier alpha value is -0.483. The Morgan fingerprint density at radius 2 is 1.71 bits per heavy atom. The minimum Gasteiger partial charge on any atom is -0.496 e. The van der Waals surface area contributed by atoms with Gasteiger partial charge in [-0.3, -0.25) is 4.79 Å². The molecule has 0 saturated heterocycles. The van der Waals surface area contributed by atoms with Crippen LogP contribution in [0.4, 0.5) is 0 Å². The number of carbonyl (C=O) groups is 1. The van der Waals surface area contributed by atoms with Crippen LogP contribution in [0.15, 0.2) is 12.1 Å². The fourth-order valence-corrected chi connectivity index (χ4v) is 2.26. The van der Waals surface area contributed by atoms with Gasteiger partial charge in [0.2, 0.25) is 0 Å². The summed E-state index contributed by atoms with van der Waals surface area (Å²) in [7, 11) is 3.40. The van der Waals surface area contributed by atoms with Crippen molar-refractivity contribution in [2.24, 2.45) is 0 Å². The fourth-order valence-electron chi connectivity index (χ4n) is 1.52. The molecule has 0 N–H and O–H groups in total. The molecule has 0 amide bonds. The first-order valence-corrected chi connectivity index (χ1v) is 6.35. The summed E-state index contributed by atoms with van der Waals surface area (Å²) in [4.78, 5) is 12.0. The first-order valence-electron chi connectivity index (χ1n) is 5.14. The van der Waals surface area contributed by atoms with Crippen LogP contribution >= 0.6 is 8.58 Å². The minimum absolute atomic E-state index is 0. The SMILES string of the molecule is CCPC(=O)c1c(OC)cc(C)cc1OC.[Li]. The molecule has 89 valence electrons. The van der Waals surface area contributed by atoms with E-state index in [0.717, 1.165) is 11.7 Å². The van der Waals surface area contributed by atoms with Crippen molar-refractivity contribution in [2.45, 2.75) is 13.8 Å². The molecule has 0 spiro atoms. The van der Waals surface area contributed by atoms with Crippen LogP contribution in [-0.4, -0.2) is 44.8 Å². The van der Waals surface area contributed by atoms with E-state index in [1.165, 1.54) is 0 Å². The molecule has 0 fully saturated rings. The van der Waals surface area contributed by atoms with Crippen molar-refractivity contribution in [3.63, 3.8) is 0 Å². The maximum absolute atomic E-state index is 12.0. The molecule has 1 unspecified atom stereocenters. The topological polar surface area (TPSA) is 35.5 Å². The van der Waals surface area contributed by atoms with E-state index in [0.29, 0.717) is 17.1 Å². The van der Waals surface area contributed by atoms with E-state index in [9.17, 15) is 4.79 Å². The summed E-state index contributed by atoms with van der Waals surface area (Å²) in [5.74, 6) is 1.20. The molecule has 0 aliphatic heterocycles. The number of carbonyl (C=O) groups excluding carboxylic acids is 1. The molecule has 5 heteroatoms. The van der Waals surface area contributed by atoms with Gasteiger partial charge in [-0.15, -0.1) is 0 Å². The van der Waals surface area contributed by atoms with Crippen LogP contribution in [-0.2, 0) is 0 Å².